The molecule has 0 atom stereocenters. The number of H-pyrrole nitrogens is 1. The zero-order valence-corrected chi connectivity index (χ0v) is 12.9. The normalized spacial score (nSPS) is 24.0. The van der Waals surface area contributed by atoms with Crippen LogP contribution >= 0.6 is 0 Å². The molecule has 2 aliphatic rings. The molecule has 0 unspecified atom stereocenters. The molecule has 0 bridgehead atoms. The van der Waals surface area contributed by atoms with Crippen LogP contribution in [-0.2, 0) is 0 Å². The monoisotopic (exact) mass is 308 g/mol. The van der Waals surface area contributed by atoms with Crippen LogP contribution in [0.3, 0.4) is 0 Å². The lowest BCUT2D eigenvalue weighted by molar-refractivity contribution is 0.189. The van der Waals surface area contributed by atoms with E-state index in [-0.39, 0.29) is 0 Å². The maximum absolute atomic E-state index is 5.75. The van der Waals surface area contributed by atoms with Crippen LogP contribution in [-0.4, -0.2) is 31.5 Å². The Morgan fingerprint density at radius 1 is 1.26 bits per heavy atom. The Bertz CT molecular complexity index is 853. The van der Waals surface area contributed by atoms with Crippen LogP contribution in [0.2, 0.25) is 0 Å². The summed E-state index contributed by atoms with van der Waals surface area (Å²) in [6.45, 7) is 0.790. The number of pyridine rings is 1. The van der Waals surface area contributed by atoms with E-state index < -0.39 is 0 Å². The van der Waals surface area contributed by atoms with Crippen molar-refractivity contribution in [3.05, 3.63) is 30.2 Å². The highest BCUT2D eigenvalue weighted by atomic mass is 15.3. The van der Waals surface area contributed by atoms with Crippen LogP contribution in [0.1, 0.15) is 43.3 Å². The second-order valence-electron chi connectivity index (χ2n) is 6.91. The predicted molar refractivity (Wildman–Crippen MR) is 87.9 cm³/mol. The lowest BCUT2D eigenvalue weighted by atomic mass is 9.80. The van der Waals surface area contributed by atoms with E-state index in [4.69, 9.17) is 15.8 Å². The number of nitrogens with two attached hydrogens (primary N) is 1. The van der Waals surface area contributed by atoms with Crippen LogP contribution < -0.4 is 5.73 Å². The van der Waals surface area contributed by atoms with Crippen molar-refractivity contribution in [1.29, 1.82) is 0 Å². The summed E-state index contributed by atoms with van der Waals surface area (Å²) in [7, 11) is 0. The van der Waals surface area contributed by atoms with Crippen molar-refractivity contribution in [3.63, 3.8) is 0 Å². The van der Waals surface area contributed by atoms with Gasteiger partial charge >= 0.3 is 0 Å². The number of aromatic nitrogens is 5. The summed E-state index contributed by atoms with van der Waals surface area (Å²) in [5.41, 5.74) is 11.0. The molecule has 2 saturated carbocycles. The van der Waals surface area contributed by atoms with E-state index in [2.05, 4.69) is 27.1 Å². The second kappa shape index (κ2) is 4.89. The fraction of sp³-hybridized carbons (Fsp3) is 0.471. The molecule has 3 heterocycles. The summed E-state index contributed by atoms with van der Waals surface area (Å²) in [4.78, 5) is 4.76. The Labute approximate surface area is 134 Å². The first-order chi connectivity index (χ1) is 11.3. The average Bonchev–Trinajstić information content (AvgIpc) is 3.10. The lowest BCUT2D eigenvalue weighted by Crippen LogP contribution is -2.32. The number of nitrogens with one attached hydrogen (secondary N) is 1. The quantitative estimate of drug-likeness (QED) is 0.776. The third kappa shape index (κ3) is 2.16. The van der Waals surface area contributed by atoms with Crippen molar-refractivity contribution in [3.8, 4) is 11.3 Å². The molecule has 3 aromatic heterocycles. The SMILES string of the molecule is NC[C@H]1C[C@H](n2cc(-c3ccc4[nH]ncc4n3)c(C3CC3)n2)C1. The molecule has 0 spiro atoms. The van der Waals surface area contributed by atoms with Gasteiger partial charge in [-0.25, -0.2) is 4.98 Å². The minimum absolute atomic E-state index is 0.507. The molecule has 118 valence electrons. The molecule has 0 radical (unpaired) electrons. The molecule has 5 rings (SSSR count). The molecule has 6 heteroatoms. The zero-order chi connectivity index (χ0) is 15.4. The summed E-state index contributed by atoms with van der Waals surface area (Å²) < 4.78 is 2.16. The molecule has 3 N–H and O–H groups in total. The standard InChI is InChI=1S/C17H20N6/c18-7-10-5-12(6-10)23-9-13(17(22-23)11-1-2-11)14-3-4-15-16(20-14)8-19-21-15/h3-4,8-12H,1-2,5-7,18H2,(H,19,21)/t10-,12-. The molecular formula is C17H20N6. The van der Waals surface area contributed by atoms with Crippen molar-refractivity contribution in [2.24, 2.45) is 11.7 Å². The summed E-state index contributed by atoms with van der Waals surface area (Å²) in [5, 5.41) is 11.9. The van der Waals surface area contributed by atoms with Gasteiger partial charge in [0.15, 0.2) is 0 Å². The predicted octanol–water partition coefficient (Wildman–Crippen LogP) is 2.61. The largest absolute Gasteiger partial charge is 0.330 e. The molecule has 0 amide bonds. The summed E-state index contributed by atoms with van der Waals surface area (Å²) >= 11 is 0. The number of nitrogens with zero attached hydrogens (tertiary/aromatic N) is 4. The molecule has 2 aliphatic carbocycles. The molecule has 3 aromatic rings. The van der Waals surface area contributed by atoms with Gasteiger partial charge in [0.05, 0.1) is 29.1 Å². The molecule has 0 aromatic carbocycles. The molecular weight excluding hydrogens is 288 g/mol. The van der Waals surface area contributed by atoms with Crippen molar-refractivity contribution in [2.75, 3.05) is 6.54 Å². The maximum Gasteiger partial charge on any atom is 0.109 e. The Kier molecular flexibility index (Phi) is 2.82. The van der Waals surface area contributed by atoms with Gasteiger partial charge in [0.1, 0.15) is 5.52 Å². The van der Waals surface area contributed by atoms with E-state index in [1.165, 1.54) is 24.1 Å². The Balaban J connectivity index is 1.54. The number of hydrogen-bond donors (Lipinski definition) is 2. The molecule has 23 heavy (non-hydrogen) atoms. The summed E-state index contributed by atoms with van der Waals surface area (Å²) in [5.74, 6) is 1.27. The molecule has 6 nitrogen and oxygen atoms in total. The van der Waals surface area contributed by atoms with Crippen molar-refractivity contribution < 1.29 is 0 Å². The first kappa shape index (κ1) is 13.2. The van der Waals surface area contributed by atoms with E-state index in [1.807, 2.05) is 6.07 Å². The van der Waals surface area contributed by atoms with Gasteiger partial charge in [-0.1, -0.05) is 0 Å². The van der Waals surface area contributed by atoms with Crippen LogP contribution in [0.4, 0.5) is 0 Å². The lowest BCUT2D eigenvalue weighted by Gasteiger charge is -2.34. The van der Waals surface area contributed by atoms with Gasteiger partial charge in [-0.3, -0.25) is 9.78 Å². The van der Waals surface area contributed by atoms with Gasteiger partial charge in [-0.2, -0.15) is 10.2 Å². The van der Waals surface area contributed by atoms with Gasteiger partial charge in [-0.05, 0) is 50.3 Å². The van der Waals surface area contributed by atoms with E-state index >= 15 is 0 Å². The van der Waals surface area contributed by atoms with Gasteiger partial charge in [0.2, 0.25) is 0 Å². The maximum atomic E-state index is 5.75. The highest BCUT2D eigenvalue weighted by Gasteiger charge is 2.34. The van der Waals surface area contributed by atoms with Gasteiger partial charge < -0.3 is 5.73 Å². The number of fused-ring (bicyclic) bond motifs is 1. The van der Waals surface area contributed by atoms with E-state index in [9.17, 15) is 0 Å². The summed E-state index contributed by atoms with van der Waals surface area (Å²) in [6.07, 6.45) is 8.76. The van der Waals surface area contributed by atoms with Crippen molar-refractivity contribution in [1.82, 2.24) is 25.0 Å². The molecule has 0 saturated heterocycles. The third-order valence-electron chi connectivity index (χ3n) is 5.22. The fourth-order valence-corrected chi connectivity index (χ4v) is 3.54. The number of hydrogen-bond acceptors (Lipinski definition) is 4. The van der Waals surface area contributed by atoms with Crippen molar-refractivity contribution >= 4 is 11.0 Å². The Hall–Kier alpha value is -2.21. The van der Waals surface area contributed by atoms with Crippen LogP contribution in [0.5, 0.6) is 0 Å². The van der Waals surface area contributed by atoms with E-state index in [0.717, 1.165) is 36.1 Å². The van der Waals surface area contributed by atoms with Crippen LogP contribution in [0.25, 0.3) is 22.3 Å². The van der Waals surface area contributed by atoms with Gasteiger partial charge in [0, 0.05) is 17.7 Å². The van der Waals surface area contributed by atoms with E-state index in [1.54, 1.807) is 6.20 Å². The first-order valence-electron chi connectivity index (χ1n) is 8.41. The smallest absolute Gasteiger partial charge is 0.109 e. The topological polar surface area (TPSA) is 85.4 Å². The molecule has 2 fully saturated rings. The number of rotatable bonds is 4. The first-order valence-corrected chi connectivity index (χ1v) is 8.41. The van der Waals surface area contributed by atoms with Gasteiger partial charge in [-0.15, -0.1) is 0 Å². The third-order valence-corrected chi connectivity index (χ3v) is 5.22. The van der Waals surface area contributed by atoms with E-state index in [0.29, 0.717) is 17.9 Å². The molecule has 0 aliphatic heterocycles. The Morgan fingerprint density at radius 3 is 2.91 bits per heavy atom. The zero-order valence-electron chi connectivity index (χ0n) is 12.9. The highest BCUT2D eigenvalue weighted by molar-refractivity contribution is 5.77. The average molecular weight is 308 g/mol. The second-order valence-corrected chi connectivity index (χ2v) is 6.91. The minimum atomic E-state index is 0.507. The fourth-order valence-electron chi connectivity index (χ4n) is 3.54. The Morgan fingerprint density at radius 2 is 2.13 bits per heavy atom. The summed E-state index contributed by atoms with van der Waals surface area (Å²) in [6, 6.07) is 4.62. The minimum Gasteiger partial charge on any atom is -0.330 e. The number of aromatic amines is 1. The highest BCUT2D eigenvalue weighted by Crippen LogP contribution is 2.45. The van der Waals surface area contributed by atoms with Crippen LogP contribution in [0.15, 0.2) is 24.5 Å². The van der Waals surface area contributed by atoms with Crippen LogP contribution in [0, 0.1) is 5.92 Å². The van der Waals surface area contributed by atoms with Crippen molar-refractivity contribution in [2.45, 2.75) is 37.6 Å². The van der Waals surface area contributed by atoms with Gasteiger partial charge in [0.25, 0.3) is 0 Å².